The van der Waals surface area contributed by atoms with Crippen LogP contribution in [-0.4, -0.2) is 105 Å². The Hall–Kier alpha value is -2.05. The van der Waals surface area contributed by atoms with Gasteiger partial charge in [0.05, 0.1) is 37.5 Å². The number of ketones is 2. The zero-order valence-electron chi connectivity index (χ0n) is 17.1. The summed E-state index contributed by atoms with van der Waals surface area (Å²) in [6.45, 7) is 0.687. The Morgan fingerprint density at radius 1 is 1.20 bits per heavy atom. The van der Waals surface area contributed by atoms with Gasteiger partial charge in [0.2, 0.25) is 11.6 Å². The molecule has 0 radical (unpaired) electrons. The molecule has 6 atom stereocenters. The minimum absolute atomic E-state index is 0.0234. The van der Waals surface area contributed by atoms with Crippen LogP contribution in [0.3, 0.4) is 0 Å². The Kier molecular flexibility index (Phi) is 4.29. The van der Waals surface area contributed by atoms with Crippen molar-refractivity contribution < 1.29 is 38.1 Å². The van der Waals surface area contributed by atoms with Gasteiger partial charge in [0.25, 0.3) is 0 Å². The number of hydrogen-bond acceptors (Lipinski definition) is 10. The number of amides is 1. The SMILES string of the molecule is COCC1C(=O)C2=C(C(=O)C13OCCO3)[C@@H](COC(N)=O)[C@@]1(OC)[C@@H]3[C@H](CN21)N3C. The summed E-state index contributed by atoms with van der Waals surface area (Å²) < 4.78 is 27.9. The first-order valence-corrected chi connectivity index (χ1v) is 9.92. The van der Waals surface area contributed by atoms with Crippen LogP contribution in [-0.2, 0) is 33.3 Å². The monoisotopic (exact) mass is 423 g/mol. The lowest BCUT2D eigenvalue weighted by molar-refractivity contribution is -0.205. The molecule has 1 spiro atoms. The van der Waals surface area contributed by atoms with E-state index < -0.39 is 35.2 Å². The number of nitrogens with zero attached hydrogens (tertiary/aromatic N) is 2. The highest BCUT2D eigenvalue weighted by Crippen LogP contribution is 2.60. The largest absolute Gasteiger partial charge is 0.449 e. The van der Waals surface area contributed by atoms with Crippen LogP contribution in [0.5, 0.6) is 0 Å². The third kappa shape index (κ3) is 2.19. The summed E-state index contributed by atoms with van der Waals surface area (Å²) in [5, 5.41) is 0. The fraction of sp³-hybridized carbons (Fsp3) is 0.737. The molecule has 0 saturated carbocycles. The minimum Gasteiger partial charge on any atom is -0.449 e. The van der Waals surface area contributed by atoms with Gasteiger partial charge in [-0.3, -0.25) is 14.5 Å². The number of fused-ring (bicyclic) bond motifs is 4. The van der Waals surface area contributed by atoms with Gasteiger partial charge in [-0.15, -0.1) is 0 Å². The van der Waals surface area contributed by atoms with Gasteiger partial charge in [0.15, 0.2) is 11.5 Å². The summed E-state index contributed by atoms with van der Waals surface area (Å²) in [5.74, 6) is -4.12. The number of rotatable bonds is 5. The fourth-order valence-electron chi connectivity index (χ4n) is 5.94. The van der Waals surface area contributed by atoms with Crippen molar-refractivity contribution in [1.29, 1.82) is 0 Å². The second-order valence-corrected chi connectivity index (χ2v) is 8.25. The number of carbonyl (C=O) groups is 3. The molecule has 3 saturated heterocycles. The lowest BCUT2D eigenvalue weighted by Crippen LogP contribution is -2.57. The molecular formula is C19H25N3O8. The van der Waals surface area contributed by atoms with Crippen molar-refractivity contribution in [3.63, 3.8) is 0 Å². The summed E-state index contributed by atoms with van der Waals surface area (Å²) in [5.41, 5.74) is 4.69. The Morgan fingerprint density at radius 2 is 1.90 bits per heavy atom. The third-order valence-electron chi connectivity index (χ3n) is 7.16. The smallest absolute Gasteiger partial charge is 0.404 e. The van der Waals surface area contributed by atoms with Crippen molar-refractivity contribution in [1.82, 2.24) is 9.80 Å². The zero-order chi connectivity index (χ0) is 21.4. The van der Waals surface area contributed by atoms with Crippen molar-refractivity contribution in [3.8, 4) is 0 Å². The fourth-order valence-corrected chi connectivity index (χ4v) is 5.94. The molecule has 3 fully saturated rings. The van der Waals surface area contributed by atoms with Gasteiger partial charge in [0, 0.05) is 32.4 Å². The second kappa shape index (κ2) is 6.47. The van der Waals surface area contributed by atoms with Gasteiger partial charge in [-0.25, -0.2) is 4.79 Å². The molecule has 0 aromatic rings. The number of ether oxygens (including phenoxy) is 5. The summed E-state index contributed by atoms with van der Waals surface area (Å²) in [4.78, 5) is 42.9. The van der Waals surface area contributed by atoms with E-state index in [1.807, 2.05) is 11.9 Å². The molecule has 2 N–H and O–H groups in total. The van der Waals surface area contributed by atoms with Gasteiger partial charge >= 0.3 is 6.09 Å². The number of methoxy groups -OCH3 is 2. The average molecular weight is 423 g/mol. The minimum atomic E-state index is -1.74. The molecule has 0 aromatic carbocycles. The molecule has 2 unspecified atom stereocenters. The van der Waals surface area contributed by atoms with E-state index in [0.717, 1.165) is 0 Å². The highest BCUT2D eigenvalue weighted by molar-refractivity contribution is 6.17. The predicted molar refractivity (Wildman–Crippen MR) is 97.9 cm³/mol. The maximum atomic E-state index is 13.8. The molecule has 0 bridgehead atoms. The number of likely N-dealkylation sites (N-methyl/N-ethyl adjacent to an activating group) is 1. The third-order valence-corrected chi connectivity index (χ3v) is 7.16. The first-order chi connectivity index (χ1) is 14.3. The van der Waals surface area contributed by atoms with Crippen LogP contribution in [0, 0.1) is 11.8 Å². The molecule has 30 heavy (non-hydrogen) atoms. The molecule has 11 nitrogen and oxygen atoms in total. The number of hydrogen-bond donors (Lipinski definition) is 1. The van der Waals surface area contributed by atoms with E-state index in [4.69, 9.17) is 29.4 Å². The van der Waals surface area contributed by atoms with E-state index in [1.54, 1.807) is 0 Å². The van der Waals surface area contributed by atoms with Crippen LogP contribution in [0.2, 0.25) is 0 Å². The molecule has 5 rings (SSSR count). The van der Waals surface area contributed by atoms with E-state index >= 15 is 0 Å². The molecule has 11 heteroatoms. The molecule has 0 aromatic heterocycles. The number of Topliss-reactive ketones (excluding diaryl/α,β-unsaturated/α-hetero) is 2. The first-order valence-electron chi connectivity index (χ1n) is 9.92. The molecule has 5 aliphatic rings. The quantitative estimate of drug-likeness (QED) is 0.520. The highest BCUT2D eigenvalue weighted by atomic mass is 16.7. The van der Waals surface area contributed by atoms with Crippen LogP contribution in [0.1, 0.15) is 0 Å². The lowest BCUT2D eigenvalue weighted by atomic mass is 9.75. The van der Waals surface area contributed by atoms with Gasteiger partial charge in [-0.05, 0) is 7.05 Å². The van der Waals surface area contributed by atoms with Crippen LogP contribution >= 0.6 is 0 Å². The Morgan fingerprint density at radius 3 is 2.50 bits per heavy atom. The standard InChI is InChI=1S/C19H25N3O8/c1-21-11-6-22-13-12(9(8-28-17(20)25)18(22,27-3)15(11)21)16(24)19(29-4-5-30-19)10(7-26-2)14(13)23/h9-11,15H,4-8H2,1-3H3,(H2,20,25)/t9-,10?,11+,15+,18-,21?/m1/s1. The van der Waals surface area contributed by atoms with E-state index in [1.165, 1.54) is 14.2 Å². The summed E-state index contributed by atoms with van der Waals surface area (Å²) in [6, 6.07) is 0.117. The number of carbonyl (C=O) groups excluding carboxylic acids is 3. The van der Waals surface area contributed by atoms with E-state index in [9.17, 15) is 14.4 Å². The topological polar surface area (TPSA) is 130 Å². The van der Waals surface area contributed by atoms with Crippen molar-refractivity contribution in [2.45, 2.75) is 23.6 Å². The van der Waals surface area contributed by atoms with Crippen molar-refractivity contribution in [2.75, 3.05) is 54.2 Å². The average Bonchev–Trinajstić information content (AvgIpc) is 3.11. The first kappa shape index (κ1) is 19.9. The summed E-state index contributed by atoms with van der Waals surface area (Å²) in [6.07, 6.45) is -0.963. The van der Waals surface area contributed by atoms with E-state index in [2.05, 4.69) is 4.90 Å². The predicted octanol–water partition coefficient (Wildman–Crippen LogP) is -1.54. The summed E-state index contributed by atoms with van der Waals surface area (Å²) in [7, 11) is 4.96. The number of piperazine rings is 1. The van der Waals surface area contributed by atoms with Gasteiger partial charge < -0.3 is 34.3 Å². The Balaban J connectivity index is 1.66. The van der Waals surface area contributed by atoms with Crippen LogP contribution < -0.4 is 5.73 Å². The van der Waals surface area contributed by atoms with Crippen molar-refractivity contribution >= 4 is 17.7 Å². The van der Waals surface area contributed by atoms with E-state index in [-0.39, 0.29) is 55.6 Å². The molecule has 1 aliphatic carbocycles. The molecule has 164 valence electrons. The summed E-state index contributed by atoms with van der Waals surface area (Å²) >= 11 is 0. The lowest BCUT2D eigenvalue weighted by Gasteiger charge is -2.41. The van der Waals surface area contributed by atoms with Gasteiger partial charge in [-0.1, -0.05) is 0 Å². The molecule has 4 heterocycles. The van der Waals surface area contributed by atoms with Crippen LogP contribution in [0.15, 0.2) is 11.3 Å². The van der Waals surface area contributed by atoms with Gasteiger partial charge in [-0.2, -0.15) is 0 Å². The number of primary amides is 1. The second-order valence-electron chi connectivity index (χ2n) is 8.25. The number of allylic oxidation sites excluding steroid dienone is 1. The van der Waals surface area contributed by atoms with Crippen LogP contribution in [0.4, 0.5) is 4.79 Å². The number of nitrogens with two attached hydrogens (primary N) is 1. The zero-order valence-corrected chi connectivity index (χ0v) is 17.1. The molecule has 1 amide bonds. The maximum absolute atomic E-state index is 13.8. The molecule has 4 aliphatic heterocycles. The Labute approximate surface area is 173 Å². The highest BCUT2D eigenvalue weighted by Gasteiger charge is 2.77. The van der Waals surface area contributed by atoms with Crippen molar-refractivity contribution in [2.24, 2.45) is 17.6 Å². The van der Waals surface area contributed by atoms with Crippen molar-refractivity contribution in [3.05, 3.63) is 11.3 Å². The maximum Gasteiger partial charge on any atom is 0.404 e. The van der Waals surface area contributed by atoms with Crippen LogP contribution in [0.25, 0.3) is 0 Å². The Bertz CT molecular complexity index is 853. The molecular weight excluding hydrogens is 398 g/mol. The normalized spacial score (nSPS) is 40.6. The van der Waals surface area contributed by atoms with Gasteiger partial charge in [0.1, 0.15) is 12.5 Å². The van der Waals surface area contributed by atoms with E-state index in [0.29, 0.717) is 6.54 Å².